The molecule has 150 valence electrons. The first-order chi connectivity index (χ1) is 13.2. The predicted octanol–water partition coefficient (Wildman–Crippen LogP) is 8.12. The maximum Gasteiger partial charge on any atom is 0.123 e. The molecule has 1 aromatic rings. The first-order valence-corrected chi connectivity index (χ1v) is 11.7. The van der Waals surface area contributed by atoms with E-state index in [4.69, 9.17) is 0 Å². The molecule has 0 saturated heterocycles. The number of rotatable bonds is 8. The van der Waals surface area contributed by atoms with E-state index in [-0.39, 0.29) is 5.82 Å². The fourth-order valence-corrected chi connectivity index (χ4v) is 5.17. The Labute approximate surface area is 166 Å². The summed E-state index contributed by atoms with van der Waals surface area (Å²) in [7, 11) is 0. The van der Waals surface area contributed by atoms with E-state index < -0.39 is 0 Å². The molecule has 0 spiro atoms. The summed E-state index contributed by atoms with van der Waals surface area (Å²) in [4.78, 5) is 0. The molecular weight excluding hydrogens is 331 g/mol. The highest BCUT2D eigenvalue weighted by Gasteiger charge is 2.21. The molecule has 0 amide bonds. The molecule has 1 aromatic carbocycles. The Morgan fingerprint density at radius 3 is 1.81 bits per heavy atom. The monoisotopic (exact) mass is 370 g/mol. The minimum atomic E-state index is -0.125. The smallest absolute Gasteiger partial charge is 0.123 e. The summed E-state index contributed by atoms with van der Waals surface area (Å²) in [5, 5.41) is 0. The third-order valence-corrected chi connectivity index (χ3v) is 7.16. The fourth-order valence-electron chi connectivity index (χ4n) is 5.17. The van der Waals surface area contributed by atoms with Gasteiger partial charge in [0.15, 0.2) is 0 Å². The Morgan fingerprint density at radius 2 is 1.30 bits per heavy atom. The Hall–Kier alpha value is -1.11. The molecule has 27 heavy (non-hydrogen) atoms. The largest absolute Gasteiger partial charge is 0.207 e. The Morgan fingerprint density at radius 1 is 0.778 bits per heavy atom. The molecule has 0 bridgehead atoms. The van der Waals surface area contributed by atoms with Crippen LogP contribution in [0.3, 0.4) is 0 Å². The molecule has 0 radical (unpaired) electrons. The van der Waals surface area contributed by atoms with Gasteiger partial charge in [-0.3, -0.25) is 0 Å². The average Bonchev–Trinajstić information content (AvgIpc) is 2.72. The van der Waals surface area contributed by atoms with Crippen LogP contribution in [-0.4, -0.2) is 0 Å². The molecular formula is C26H39F. The van der Waals surface area contributed by atoms with E-state index in [1.54, 1.807) is 12.1 Å². The lowest BCUT2D eigenvalue weighted by Crippen LogP contribution is -2.15. The van der Waals surface area contributed by atoms with Crippen molar-refractivity contribution >= 4 is 0 Å². The standard InChI is InChI=1S/C26H39F/c1-2-3-4-21-5-7-22(8-6-21)9-10-23-11-13-24(14-12-23)15-16-25-17-19-26(27)20-18-25/h9-10,17-24H,2-8,11-16H2,1H3/t21-,22-,23-,24-. The van der Waals surface area contributed by atoms with Gasteiger partial charge in [-0.15, -0.1) is 0 Å². The molecule has 3 rings (SSSR count). The predicted molar refractivity (Wildman–Crippen MR) is 114 cm³/mol. The number of unbranched alkanes of at least 4 members (excludes halogenated alkanes) is 1. The van der Waals surface area contributed by atoms with Crippen molar-refractivity contribution in [3.8, 4) is 0 Å². The van der Waals surface area contributed by atoms with Gasteiger partial charge in [0, 0.05) is 0 Å². The lowest BCUT2D eigenvalue weighted by Gasteiger charge is -2.29. The van der Waals surface area contributed by atoms with Gasteiger partial charge in [-0.2, -0.15) is 0 Å². The van der Waals surface area contributed by atoms with Gasteiger partial charge < -0.3 is 0 Å². The van der Waals surface area contributed by atoms with Gasteiger partial charge in [0.25, 0.3) is 0 Å². The topological polar surface area (TPSA) is 0 Å². The minimum Gasteiger partial charge on any atom is -0.207 e. The van der Waals surface area contributed by atoms with E-state index in [0.29, 0.717) is 0 Å². The van der Waals surface area contributed by atoms with Gasteiger partial charge in [0.05, 0.1) is 0 Å². The highest BCUT2D eigenvalue weighted by Crippen LogP contribution is 2.35. The summed E-state index contributed by atoms with van der Waals surface area (Å²) >= 11 is 0. The van der Waals surface area contributed by atoms with Crippen LogP contribution in [0.5, 0.6) is 0 Å². The zero-order valence-electron chi connectivity index (χ0n) is 17.3. The maximum atomic E-state index is 13.0. The lowest BCUT2D eigenvalue weighted by molar-refractivity contribution is 0.283. The van der Waals surface area contributed by atoms with Crippen molar-refractivity contribution in [1.82, 2.24) is 0 Å². The molecule has 0 nitrogen and oxygen atoms in total. The fraction of sp³-hybridized carbons (Fsp3) is 0.692. The summed E-state index contributed by atoms with van der Waals surface area (Å²) in [6, 6.07) is 7.07. The lowest BCUT2D eigenvalue weighted by atomic mass is 9.77. The molecule has 0 N–H and O–H groups in total. The first kappa shape index (κ1) is 20.6. The average molecular weight is 371 g/mol. The quantitative estimate of drug-likeness (QED) is 0.405. The minimum absolute atomic E-state index is 0.125. The number of halogens is 1. The number of allylic oxidation sites excluding steroid dienone is 2. The van der Waals surface area contributed by atoms with Crippen LogP contribution >= 0.6 is 0 Å². The summed E-state index contributed by atoms with van der Waals surface area (Å²) in [5.74, 6) is 3.45. The first-order valence-electron chi connectivity index (χ1n) is 11.7. The second-order valence-electron chi connectivity index (χ2n) is 9.25. The second-order valence-corrected chi connectivity index (χ2v) is 9.25. The van der Waals surface area contributed by atoms with Crippen LogP contribution in [-0.2, 0) is 6.42 Å². The maximum absolute atomic E-state index is 13.0. The number of benzene rings is 1. The Balaban J connectivity index is 1.31. The van der Waals surface area contributed by atoms with Crippen molar-refractivity contribution in [2.75, 3.05) is 0 Å². The highest BCUT2D eigenvalue weighted by atomic mass is 19.1. The number of hydrogen-bond acceptors (Lipinski definition) is 0. The van der Waals surface area contributed by atoms with Gasteiger partial charge in [-0.1, -0.05) is 50.5 Å². The highest BCUT2D eigenvalue weighted by molar-refractivity contribution is 5.16. The summed E-state index contributed by atoms with van der Waals surface area (Å²) in [6.45, 7) is 2.31. The molecule has 0 aliphatic heterocycles. The molecule has 2 fully saturated rings. The normalized spacial score (nSPS) is 29.3. The third-order valence-electron chi connectivity index (χ3n) is 7.16. The molecule has 2 aliphatic carbocycles. The molecule has 0 aromatic heterocycles. The van der Waals surface area contributed by atoms with Gasteiger partial charge in [-0.25, -0.2) is 4.39 Å². The van der Waals surface area contributed by atoms with Gasteiger partial charge in [0.1, 0.15) is 5.82 Å². The van der Waals surface area contributed by atoms with E-state index in [0.717, 1.165) is 30.1 Å². The zero-order valence-corrected chi connectivity index (χ0v) is 17.3. The van der Waals surface area contributed by atoms with Crippen molar-refractivity contribution in [2.45, 2.75) is 90.4 Å². The SMILES string of the molecule is CCCC[C@H]1CC[C@H](C=C[C@H]2CC[C@H](CCc3ccc(F)cc3)CC2)CC1. The van der Waals surface area contributed by atoms with Crippen LogP contribution in [0.2, 0.25) is 0 Å². The van der Waals surface area contributed by atoms with Crippen molar-refractivity contribution in [3.05, 3.63) is 47.8 Å². The zero-order chi connectivity index (χ0) is 18.9. The Kier molecular flexibility index (Phi) is 8.42. The van der Waals surface area contributed by atoms with Crippen LogP contribution in [0.15, 0.2) is 36.4 Å². The van der Waals surface area contributed by atoms with Crippen molar-refractivity contribution in [2.24, 2.45) is 23.7 Å². The van der Waals surface area contributed by atoms with Crippen molar-refractivity contribution < 1.29 is 4.39 Å². The van der Waals surface area contributed by atoms with E-state index >= 15 is 0 Å². The molecule has 0 atom stereocenters. The van der Waals surface area contributed by atoms with E-state index in [1.807, 2.05) is 12.1 Å². The summed E-state index contributed by atoms with van der Waals surface area (Å²) < 4.78 is 13.0. The van der Waals surface area contributed by atoms with E-state index in [2.05, 4.69) is 19.1 Å². The molecule has 1 heteroatoms. The Bertz CT molecular complexity index is 542. The number of hydrogen-bond donors (Lipinski definition) is 0. The van der Waals surface area contributed by atoms with Gasteiger partial charge in [-0.05, 0) is 106 Å². The van der Waals surface area contributed by atoms with Crippen LogP contribution in [0, 0.1) is 29.5 Å². The molecule has 0 unspecified atom stereocenters. The van der Waals surface area contributed by atoms with Crippen LogP contribution < -0.4 is 0 Å². The van der Waals surface area contributed by atoms with Crippen LogP contribution in [0.4, 0.5) is 4.39 Å². The van der Waals surface area contributed by atoms with Gasteiger partial charge >= 0.3 is 0 Å². The summed E-state index contributed by atoms with van der Waals surface area (Å²) in [5.41, 5.74) is 1.29. The molecule has 0 heterocycles. The van der Waals surface area contributed by atoms with E-state index in [1.165, 1.54) is 82.6 Å². The molecule has 2 aliphatic rings. The van der Waals surface area contributed by atoms with Gasteiger partial charge in [0.2, 0.25) is 0 Å². The van der Waals surface area contributed by atoms with E-state index in [9.17, 15) is 4.39 Å². The van der Waals surface area contributed by atoms with Crippen LogP contribution in [0.1, 0.15) is 89.5 Å². The van der Waals surface area contributed by atoms with Crippen LogP contribution in [0.25, 0.3) is 0 Å². The van der Waals surface area contributed by atoms with Crippen molar-refractivity contribution in [3.63, 3.8) is 0 Å². The van der Waals surface area contributed by atoms with Crippen molar-refractivity contribution in [1.29, 1.82) is 0 Å². The third kappa shape index (κ3) is 7.09. The second kappa shape index (κ2) is 11.0. The molecule has 2 saturated carbocycles. The number of aryl methyl sites for hydroxylation is 1. The summed E-state index contributed by atoms with van der Waals surface area (Å²) in [6.07, 6.45) is 23.1.